The van der Waals surface area contributed by atoms with Crippen LogP contribution in [0.25, 0.3) is 0 Å². The molecule has 1 fully saturated rings. The minimum Gasteiger partial charge on any atom is -0.459 e. The van der Waals surface area contributed by atoms with Crippen molar-refractivity contribution in [2.24, 2.45) is 5.92 Å². The third-order valence-corrected chi connectivity index (χ3v) is 4.27. The second kappa shape index (κ2) is 8.89. The number of esters is 1. The zero-order valence-electron chi connectivity index (χ0n) is 13.1. The molecular weight excluding hydrogens is 290 g/mol. The van der Waals surface area contributed by atoms with Gasteiger partial charge in [-0.2, -0.15) is 5.26 Å². The van der Waals surface area contributed by atoms with Gasteiger partial charge in [-0.3, -0.25) is 4.79 Å². The molecule has 1 saturated carbocycles. The van der Waals surface area contributed by atoms with E-state index in [4.69, 9.17) is 10.00 Å². The van der Waals surface area contributed by atoms with Crippen molar-refractivity contribution in [1.82, 2.24) is 0 Å². The number of hydrogen-bond donors (Lipinski definition) is 0. The summed E-state index contributed by atoms with van der Waals surface area (Å²) in [7, 11) is 0. The fourth-order valence-corrected chi connectivity index (χ4v) is 2.92. The molecule has 1 aromatic carbocycles. The van der Waals surface area contributed by atoms with Gasteiger partial charge in [0.15, 0.2) is 0 Å². The van der Waals surface area contributed by atoms with Gasteiger partial charge in [-0.1, -0.05) is 6.08 Å². The molecule has 23 heavy (non-hydrogen) atoms. The number of benzene rings is 1. The van der Waals surface area contributed by atoms with Crippen molar-refractivity contribution in [3.8, 4) is 6.07 Å². The van der Waals surface area contributed by atoms with E-state index in [9.17, 15) is 9.59 Å². The molecule has 0 aromatic heterocycles. The number of ether oxygens (including phenoxy) is 1. The van der Waals surface area contributed by atoms with E-state index in [0.717, 1.165) is 44.8 Å². The van der Waals surface area contributed by atoms with Crippen molar-refractivity contribution in [2.45, 2.75) is 44.6 Å². The minimum atomic E-state index is -0.313. The molecule has 0 saturated heterocycles. The summed E-state index contributed by atoms with van der Waals surface area (Å²) in [4.78, 5) is 22.3. The van der Waals surface area contributed by atoms with Crippen LogP contribution in [-0.2, 0) is 9.53 Å². The van der Waals surface area contributed by atoms with E-state index in [2.05, 4.69) is 0 Å². The van der Waals surface area contributed by atoms with E-state index in [0.29, 0.717) is 17.0 Å². The van der Waals surface area contributed by atoms with Crippen molar-refractivity contribution in [2.75, 3.05) is 0 Å². The van der Waals surface area contributed by atoms with Crippen LogP contribution in [0, 0.1) is 17.2 Å². The van der Waals surface area contributed by atoms with E-state index < -0.39 is 0 Å². The normalized spacial score (nSPS) is 20.8. The highest BCUT2D eigenvalue weighted by molar-refractivity contribution is 5.89. The number of carbonyl (C=O) groups is 2. The third kappa shape index (κ3) is 5.37. The quantitative estimate of drug-likeness (QED) is 0.455. The van der Waals surface area contributed by atoms with Gasteiger partial charge in [-0.15, -0.1) is 0 Å². The van der Waals surface area contributed by atoms with E-state index in [1.807, 2.05) is 12.1 Å². The number of nitriles is 1. The lowest BCUT2D eigenvalue weighted by Crippen LogP contribution is -2.24. The molecule has 1 aromatic rings. The van der Waals surface area contributed by atoms with E-state index >= 15 is 0 Å². The van der Waals surface area contributed by atoms with Crippen LogP contribution < -0.4 is 0 Å². The highest BCUT2D eigenvalue weighted by Crippen LogP contribution is 2.30. The van der Waals surface area contributed by atoms with Crippen LogP contribution >= 0.6 is 0 Å². The summed E-state index contributed by atoms with van der Waals surface area (Å²) in [5.41, 5.74) is 1.02. The van der Waals surface area contributed by atoms with Crippen LogP contribution in [0.1, 0.15) is 54.4 Å². The van der Waals surface area contributed by atoms with Gasteiger partial charge in [0.05, 0.1) is 17.2 Å². The monoisotopic (exact) mass is 311 g/mol. The number of allylic oxidation sites excluding steroid dienone is 2. The Balaban J connectivity index is 1.75. The van der Waals surface area contributed by atoms with E-state index in [-0.39, 0.29) is 12.1 Å². The molecule has 0 N–H and O–H groups in total. The molecular formula is C19H21NO3. The summed E-state index contributed by atoms with van der Waals surface area (Å²) in [6, 6.07) is 8.54. The number of hydrogen-bond acceptors (Lipinski definition) is 4. The number of rotatable bonds is 6. The standard InChI is InChI=1S/C19H21NO3/c20-14-16-5-9-17(10-6-16)19(22)23-18-11-7-15(8-12-18)4-2-1-3-13-21/h1,3,5-6,9-10,13,15,18H,2,4,7-8,11-12H2/b3-1+/t15-,18-. The second-order valence-electron chi connectivity index (χ2n) is 5.88. The van der Waals surface area contributed by atoms with Crippen LogP contribution in [0.4, 0.5) is 0 Å². The maximum absolute atomic E-state index is 12.1. The first-order chi connectivity index (χ1) is 11.2. The number of aldehydes is 1. The van der Waals surface area contributed by atoms with Gasteiger partial charge in [0.2, 0.25) is 0 Å². The van der Waals surface area contributed by atoms with Gasteiger partial charge in [0.25, 0.3) is 0 Å². The van der Waals surface area contributed by atoms with Gasteiger partial charge >= 0.3 is 5.97 Å². The lowest BCUT2D eigenvalue weighted by atomic mass is 9.84. The highest BCUT2D eigenvalue weighted by Gasteiger charge is 2.23. The smallest absolute Gasteiger partial charge is 0.338 e. The van der Waals surface area contributed by atoms with Crippen molar-refractivity contribution in [3.63, 3.8) is 0 Å². The van der Waals surface area contributed by atoms with E-state index in [1.54, 1.807) is 30.3 Å². The lowest BCUT2D eigenvalue weighted by Gasteiger charge is -2.28. The first kappa shape index (κ1) is 17.0. The second-order valence-corrected chi connectivity index (χ2v) is 5.88. The Kier molecular flexibility index (Phi) is 6.56. The zero-order valence-corrected chi connectivity index (χ0v) is 13.1. The zero-order chi connectivity index (χ0) is 16.5. The predicted octanol–water partition coefficient (Wildman–Crippen LogP) is 3.81. The molecule has 0 unspecified atom stereocenters. The van der Waals surface area contributed by atoms with Gasteiger partial charge in [-0.05, 0) is 74.8 Å². The van der Waals surface area contributed by atoms with Crippen molar-refractivity contribution < 1.29 is 14.3 Å². The molecule has 0 amide bonds. The number of carbonyl (C=O) groups excluding carboxylic acids is 2. The summed E-state index contributed by atoms with van der Waals surface area (Å²) >= 11 is 0. The first-order valence-electron chi connectivity index (χ1n) is 8.04. The first-order valence-corrected chi connectivity index (χ1v) is 8.04. The highest BCUT2D eigenvalue weighted by atomic mass is 16.5. The number of nitrogens with zero attached hydrogens (tertiary/aromatic N) is 1. The molecule has 4 nitrogen and oxygen atoms in total. The molecule has 0 heterocycles. The van der Waals surface area contributed by atoms with Gasteiger partial charge in [0, 0.05) is 0 Å². The molecule has 1 aliphatic rings. The van der Waals surface area contributed by atoms with Gasteiger partial charge < -0.3 is 4.74 Å². The summed E-state index contributed by atoms with van der Waals surface area (Å²) in [6.07, 6.45) is 10.2. The van der Waals surface area contributed by atoms with Crippen molar-refractivity contribution in [3.05, 3.63) is 47.5 Å². The maximum atomic E-state index is 12.1. The van der Waals surface area contributed by atoms with Gasteiger partial charge in [0.1, 0.15) is 12.4 Å². The average molecular weight is 311 g/mol. The fourth-order valence-electron chi connectivity index (χ4n) is 2.92. The molecule has 2 rings (SSSR count). The molecule has 0 bridgehead atoms. The Morgan fingerprint density at radius 2 is 1.91 bits per heavy atom. The van der Waals surface area contributed by atoms with Gasteiger partial charge in [-0.25, -0.2) is 4.79 Å². The molecule has 0 atom stereocenters. The predicted molar refractivity (Wildman–Crippen MR) is 86.8 cm³/mol. The van der Waals surface area contributed by atoms with Crippen molar-refractivity contribution >= 4 is 12.3 Å². The molecule has 0 spiro atoms. The maximum Gasteiger partial charge on any atom is 0.338 e. The van der Waals surface area contributed by atoms with Crippen LogP contribution in [0.2, 0.25) is 0 Å². The summed E-state index contributed by atoms with van der Waals surface area (Å²) in [6.45, 7) is 0. The Bertz CT molecular complexity index is 590. The van der Waals surface area contributed by atoms with Crippen LogP contribution in [0.3, 0.4) is 0 Å². The van der Waals surface area contributed by atoms with E-state index in [1.165, 1.54) is 0 Å². The summed E-state index contributed by atoms with van der Waals surface area (Å²) < 4.78 is 5.56. The van der Waals surface area contributed by atoms with Crippen LogP contribution in [0.15, 0.2) is 36.4 Å². The molecule has 1 aliphatic carbocycles. The summed E-state index contributed by atoms with van der Waals surface area (Å²) in [5.74, 6) is 0.336. The fraction of sp³-hybridized carbons (Fsp3) is 0.421. The molecule has 0 radical (unpaired) electrons. The van der Waals surface area contributed by atoms with Crippen LogP contribution in [0.5, 0.6) is 0 Å². The van der Waals surface area contributed by atoms with Crippen LogP contribution in [-0.4, -0.2) is 18.4 Å². The average Bonchev–Trinajstić information content (AvgIpc) is 2.60. The Labute approximate surface area is 136 Å². The van der Waals surface area contributed by atoms with Crippen molar-refractivity contribution in [1.29, 1.82) is 5.26 Å². The Hall–Kier alpha value is -2.41. The summed E-state index contributed by atoms with van der Waals surface area (Å²) in [5, 5.41) is 8.76. The minimum absolute atomic E-state index is 0.0140. The lowest BCUT2D eigenvalue weighted by molar-refractivity contribution is -0.104. The Morgan fingerprint density at radius 3 is 2.52 bits per heavy atom. The molecule has 120 valence electrons. The topological polar surface area (TPSA) is 67.2 Å². The Morgan fingerprint density at radius 1 is 1.22 bits per heavy atom. The third-order valence-electron chi connectivity index (χ3n) is 4.27. The molecule has 4 heteroatoms. The largest absolute Gasteiger partial charge is 0.459 e. The SMILES string of the molecule is N#Cc1ccc(C(=O)O[C@H]2CC[C@H](CC/C=C/C=O)CC2)cc1. The molecule has 0 aliphatic heterocycles.